The van der Waals surface area contributed by atoms with E-state index in [9.17, 15) is 9.59 Å². The summed E-state index contributed by atoms with van der Waals surface area (Å²) in [7, 11) is 0. The van der Waals surface area contributed by atoms with Crippen LogP contribution in [0.5, 0.6) is 0 Å². The zero-order valence-electron chi connectivity index (χ0n) is 14.9. The molecule has 0 spiro atoms. The summed E-state index contributed by atoms with van der Waals surface area (Å²) in [6.45, 7) is 0.764. The molecule has 144 valence electrons. The molecule has 4 rings (SSSR count). The van der Waals surface area contributed by atoms with E-state index in [1.54, 1.807) is 29.7 Å². The Morgan fingerprint density at radius 2 is 2.07 bits per heavy atom. The lowest BCUT2D eigenvalue weighted by atomic mass is 10.2. The molecule has 0 radical (unpaired) electrons. The monoisotopic (exact) mass is 414 g/mol. The molecule has 1 atom stereocenters. The second-order valence-corrected chi connectivity index (χ2v) is 8.49. The van der Waals surface area contributed by atoms with Crippen LogP contribution in [0.3, 0.4) is 0 Å². The smallest absolute Gasteiger partial charge is 0.345 e. The number of thiophene rings is 1. The van der Waals surface area contributed by atoms with Gasteiger partial charge in [-0.2, -0.15) is 0 Å². The van der Waals surface area contributed by atoms with Gasteiger partial charge in [-0.1, -0.05) is 0 Å². The molecule has 1 aliphatic rings. The summed E-state index contributed by atoms with van der Waals surface area (Å²) < 4.78 is 5.79. The molecule has 1 N–H and O–H groups in total. The minimum atomic E-state index is -0.926. The molecule has 1 saturated heterocycles. The number of carboxylic acids is 1. The topological polar surface area (TPSA) is 79.7 Å². The number of thiazole rings is 1. The largest absolute Gasteiger partial charge is 0.477 e. The lowest BCUT2D eigenvalue weighted by Gasteiger charge is -2.25. The van der Waals surface area contributed by atoms with Crippen molar-refractivity contribution in [3.8, 4) is 10.6 Å². The van der Waals surface area contributed by atoms with Gasteiger partial charge >= 0.3 is 5.97 Å². The standard InChI is InChI=1S/C20H18N2O4S2/c23-18-8-5-15(11-26-12-16-6-7-17(28-16)20(24)25)22(18)14-3-1-13(2-4-14)19-21-9-10-27-19/h1-4,6-7,9-10,15H,5,8,11-12H2,(H,24,25). The summed E-state index contributed by atoms with van der Waals surface area (Å²) in [6.07, 6.45) is 3.03. The molecule has 8 heteroatoms. The Bertz CT molecular complexity index is 967. The van der Waals surface area contributed by atoms with Gasteiger partial charge in [0.2, 0.25) is 5.91 Å². The number of anilines is 1. The van der Waals surface area contributed by atoms with Crippen LogP contribution in [0.25, 0.3) is 10.6 Å². The third-order valence-corrected chi connectivity index (χ3v) is 6.45. The van der Waals surface area contributed by atoms with Crippen LogP contribution in [0.4, 0.5) is 5.69 Å². The Kier molecular flexibility index (Phi) is 5.52. The fourth-order valence-corrected chi connectivity index (χ4v) is 4.68. The van der Waals surface area contributed by atoms with Gasteiger partial charge in [0.15, 0.2) is 0 Å². The lowest BCUT2D eigenvalue weighted by molar-refractivity contribution is -0.117. The number of carbonyl (C=O) groups is 2. The predicted molar refractivity (Wildman–Crippen MR) is 109 cm³/mol. The zero-order valence-corrected chi connectivity index (χ0v) is 16.5. The molecule has 0 bridgehead atoms. The summed E-state index contributed by atoms with van der Waals surface area (Å²) in [5, 5.41) is 11.9. The molecule has 0 aliphatic carbocycles. The van der Waals surface area contributed by atoms with Crippen LogP contribution >= 0.6 is 22.7 Å². The molecule has 0 saturated carbocycles. The van der Waals surface area contributed by atoms with Crippen molar-refractivity contribution in [3.05, 3.63) is 57.7 Å². The first-order valence-corrected chi connectivity index (χ1v) is 10.5. The number of aromatic nitrogens is 1. The SMILES string of the molecule is O=C(O)c1ccc(COCC2CCC(=O)N2c2ccc(-c3nccs3)cc2)s1. The van der Waals surface area contributed by atoms with E-state index in [2.05, 4.69) is 4.98 Å². The highest BCUT2D eigenvalue weighted by Crippen LogP contribution is 2.30. The molecule has 28 heavy (non-hydrogen) atoms. The van der Waals surface area contributed by atoms with Crippen molar-refractivity contribution in [1.29, 1.82) is 0 Å². The highest BCUT2D eigenvalue weighted by atomic mass is 32.1. The van der Waals surface area contributed by atoms with Gasteiger partial charge in [0.25, 0.3) is 0 Å². The van der Waals surface area contributed by atoms with E-state index in [4.69, 9.17) is 9.84 Å². The Hall–Kier alpha value is -2.55. The number of carboxylic acid groups (broad SMARTS) is 1. The van der Waals surface area contributed by atoms with E-state index in [1.807, 2.05) is 34.5 Å². The Morgan fingerprint density at radius 3 is 2.75 bits per heavy atom. The molecule has 6 nitrogen and oxygen atoms in total. The van der Waals surface area contributed by atoms with Gasteiger partial charge in [0.1, 0.15) is 9.88 Å². The van der Waals surface area contributed by atoms with E-state index < -0.39 is 5.97 Å². The molecule has 1 unspecified atom stereocenters. The molecule has 1 aliphatic heterocycles. The number of carbonyl (C=O) groups excluding carboxylic acids is 1. The molecule has 1 fully saturated rings. The van der Waals surface area contributed by atoms with Gasteiger partial charge < -0.3 is 14.7 Å². The van der Waals surface area contributed by atoms with Crippen LogP contribution in [0.1, 0.15) is 27.4 Å². The van der Waals surface area contributed by atoms with Crippen LogP contribution in [0.2, 0.25) is 0 Å². The molecule has 1 amide bonds. The first kappa shape index (κ1) is 18.8. The van der Waals surface area contributed by atoms with Crippen LogP contribution in [-0.4, -0.2) is 34.6 Å². The average molecular weight is 415 g/mol. The summed E-state index contributed by atoms with van der Waals surface area (Å²) in [5.41, 5.74) is 1.89. The van der Waals surface area contributed by atoms with Crippen molar-refractivity contribution in [2.24, 2.45) is 0 Å². The molecule has 3 aromatic rings. The first-order valence-electron chi connectivity index (χ1n) is 8.83. The van der Waals surface area contributed by atoms with Crippen LogP contribution in [0.15, 0.2) is 48.0 Å². The number of rotatable bonds is 7. The van der Waals surface area contributed by atoms with Crippen molar-refractivity contribution in [2.45, 2.75) is 25.5 Å². The quantitative estimate of drug-likeness (QED) is 0.624. The Labute approximate surface area is 170 Å². The first-order chi connectivity index (χ1) is 13.6. The fraction of sp³-hybridized carbons (Fsp3) is 0.250. The number of aromatic carboxylic acids is 1. The third kappa shape index (κ3) is 3.99. The van der Waals surface area contributed by atoms with Crippen molar-refractivity contribution >= 4 is 40.2 Å². The van der Waals surface area contributed by atoms with E-state index in [0.717, 1.165) is 27.6 Å². The maximum atomic E-state index is 12.4. The number of hydrogen-bond donors (Lipinski definition) is 1. The summed E-state index contributed by atoms with van der Waals surface area (Å²) in [5.74, 6) is -0.829. The second kappa shape index (κ2) is 8.22. The third-order valence-electron chi connectivity index (χ3n) is 4.58. The van der Waals surface area contributed by atoms with E-state index in [1.165, 1.54) is 11.3 Å². The average Bonchev–Trinajstić information content (AvgIpc) is 3.43. The number of ether oxygens (including phenoxy) is 1. The van der Waals surface area contributed by atoms with Crippen molar-refractivity contribution < 1.29 is 19.4 Å². The van der Waals surface area contributed by atoms with E-state index >= 15 is 0 Å². The predicted octanol–water partition coefficient (Wildman–Crippen LogP) is 4.28. The van der Waals surface area contributed by atoms with Gasteiger partial charge in [-0.25, -0.2) is 9.78 Å². The number of benzene rings is 1. The van der Waals surface area contributed by atoms with Gasteiger partial charge in [-0.3, -0.25) is 4.79 Å². The van der Waals surface area contributed by atoms with Crippen LogP contribution < -0.4 is 4.90 Å². The van der Waals surface area contributed by atoms with Gasteiger partial charge in [0, 0.05) is 34.1 Å². The minimum Gasteiger partial charge on any atom is -0.477 e. The van der Waals surface area contributed by atoms with Gasteiger partial charge in [-0.15, -0.1) is 22.7 Å². The molecule has 3 heterocycles. The number of hydrogen-bond acceptors (Lipinski definition) is 6. The van der Waals surface area contributed by atoms with Crippen LogP contribution in [-0.2, 0) is 16.1 Å². The molecular weight excluding hydrogens is 396 g/mol. The second-order valence-electron chi connectivity index (χ2n) is 6.43. The minimum absolute atomic E-state index is 0.0166. The van der Waals surface area contributed by atoms with Gasteiger partial charge in [-0.05, 0) is 42.8 Å². The number of amides is 1. The zero-order chi connectivity index (χ0) is 19.5. The van der Waals surface area contributed by atoms with E-state index in [-0.39, 0.29) is 11.9 Å². The molecule has 1 aromatic carbocycles. The van der Waals surface area contributed by atoms with Crippen LogP contribution in [0, 0.1) is 0 Å². The normalized spacial score (nSPS) is 16.6. The van der Waals surface area contributed by atoms with Crippen molar-refractivity contribution in [1.82, 2.24) is 4.98 Å². The maximum absolute atomic E-state index is 12.4. The summed E-state index contributed by atoms with van der Waals surface area (Å²) in [4.78, 5) is 30.6. The maximum Gasteiger partial charge on any atom is 0.345 e. The highest BCUT2D eigenvalue weighted by molar-refractivity contribution is 7.14. The summed E-state index contributed by atoms with van der Waals surface area (Å²) in [6, 6.07) is 11.2. The fourth-order valence-electron chi connectivity index (χ4n) is 3.25. The lowest BCUT2D eigenvalue weighted by Crippen LogP contribution is -2.36. The summed E-state index contributed by atoms with van der Waals surface area (Å²) >= 11 is 2.79. The van der Waals surface area contributed by atoms with Gasteiger partial charge in [0.05, 0.1) is 19.3 Å². The molecule has 2 aromatic heterocycles. The number of nitrogens with zero attached hydrogens (tertiary/aromatic N) is 2. The molecular formula is C20H18N2O4S2. The highest BCUT2D eigenvalue weighted by Gasteiger charge is 2.32. The van der Waals surface area contributed by atoms with Crippen molar-refractivity contribution in [2.75, 3.05) is 11.5 Å². The van der Waals surface area contributed by atoms with E-state index in [0.29, 0.717) is 24.5 Å². The van der Waals surface area contributed by atoms with Crippen molar-refractivity contribution in [3.63, 3.8) is 0 Å². The Balaban J connectivity index is 1.39. The Morgan fingerprint density at radius 1 is 1.25 bits per heavy atom.